The third-order valence-corrected chi connectivity index (χ3v) is 3.53. The molecule has 1 aliphatic carbocycles. The molecule has 80 valence electrons. The van der Waals surface area contributed by atoms with Crippen molar-refractivity contribution in [3.05, 3.63) is 58.7 Å². The monoisotopic (exact) mass is 208 g/mol. The van der Waals surface area contributed by atoms with E-state index in [2.05, 4.69) is 50.2 Å². The van der Waals surface area contributed by atoms with Gasteiger partial charge in [-0.15, -0.1) is 0 Å². The highest BCUT2D eigenvalue weighted by Crippen LogP contribution is 2.39. The van der Waals surface area contributed by atoms with Gasteiger partial charge in [-0.1, -0.05) is 48.9 Å². The van der Waals surface area contributed by atoms with Crippen molar-refractivity contribution < 1.29 is 0 Å². The molecule has 0 heteroatoms. The highest BCUT2D eigenvalue weighted by Gasteiger charge is 2.20. The Hall–Kier alpha value is -1.56. The molecule has 0 radical (unpaired) electrons. The standard InChI is InChI=1S/C16H16/c1-3-12-5-4-6-14-10-13-8-7-11(2)9-15(13)16(12)14/h4-9H,3,10H2,1-2H3. The fourth-order valence-corrected chi connectivity index (χ4v) is 2.72. The summed E-state index contributed by atoms with van der Waals surface area (Å²) in [5.41, 5.74) is 8.80. The lowest BCUT2D eigenvalue weighted by atomic mass is 9.97. The lowest BCUT2D eigenvalue weighted by molar-refractivity contribution is 1.13. The fraction of sp³-hybridized carbons (Fsp3) is 0.250. The molecular weight excluding hydrogens is 192 g/mol. The third-order valence-electron chi connectivity index (χ3n) is 3.53. The number of hydrogen-bond donors (Lipinski definition) is 0. The molecule has 0 atom stereocenters. The van der Waals surface area contributed by atoms with Crippen molar-refractivity contribution in [3.63, 3.8) is 0 Å². The second kappa shape index (κ2) is 3.48. The molecule has 0 aromatic heterocycles. The van der Waals surface area contributed by atoms with Gasteiger partial charge < -0.3 is 0 Å². The normalized spacial score (nSPS) is 12.4. The van der Waals surface area contributed by atoms with E-state index < -0.39 is 0 Å². The molecule has 0 fully saturated rings. The highest BCUT2D eigenvalue weighted by atomic mass is 14.2. The van der Waals surface area contributed by atoms with E-state index in [4.69, 9.17) is 0 Å². The van der Waals surface area contributed by atoms with Crippen LogP contribution >= 0.6 is 0 Å². The van der Waals surface area contributed by atoms with Crippen molar-refractivity contribution in [2.24, 2.45) is 0 Å². The molecule has 3 rings (SSSR count). The summed E-state index contributed by atoms with van der Waals surface area (Å²) in [6.45, 7) is 4.41. The van der Waals surface area contributed by atoms with Crippen LogP contribution in [0.25, 0.3) is 11.1 Å². The van der Waals surface area contributed by atoms with Gasteiger partial charge in [0.15, 0.2) is 0 Å². The first-order valence-electron chi connectivity index (χ1n) is 6.00. The van der Waals surface area contributed by atoms with Gasteiger partial charge in [-0.2, -0.15) is 0 Å². The zero-order chi connectivity index (χ0) is 11.1. The van der Waals surface area contributed by atoms with E-state index in [0.717, 1.165) is 12.8 Å². The van der Waals surface area contributed by atoms with Gasteiger partial charge in [0.1, 0.15) is 0 Å². The molecule has 1 aliphatic rings. The number of benzene rings is 2. The summed E-state index contributed by atoms with van der Waals surface area (Å²) in [5, 5.41) is 0. The van der Waals surface area contributed by atoms with Crippen LogP contribution in [0.1, 0.15) is 29.2 Å². The zero-order valence-electron chi connectivity index (χ0n) is 9.88. The first-order chi connectivity index (χ1) is 7.79. The lowest BCUT2D eigenvalue weighted by Gasteiger charge is -2.07. The maximum atomic E-state index is 2.33. The number of hydrogen-bond acceptors (Lipinski definition) is 0. The van der Waals surface area contributed by atoms with Crippen molar-refractivity contribution >= 4 is 0 Å². The summed E-state index contributed by atoms with van der Waals surface area (Å²) >= 11 is 0. The summed E-state index contributed by atoms with van der Waals surface area (Å²) in [6, 6.07) is 13.6. The van der Waals surface area contributed by atoms with Gasteiger partial charge in [0.25, 0.3) is 0 Å². The fourth-order valence-electron chi connectivity index (χ4n) is 2.72. The van der Waals surface area contributed by atoms with Crippen molar-refractivity contribution in [1.29, 1.82) is 0 Å². The summed E-state index contributed by atoms with van der Waals surface area (Å²) in [4.78, 5) is 0. The summed E-state index contributed by atoms with van der Waals surface area (Å²) < 4.78 is 0. The molecule has 0 saturated heterocycles. The molecule has 16 heavy (non-hydrogen) atoms. The van der Waals surface area contributed by atoms with E-state index in [9.17, 15) is 0 Å². The SMILES string of the molecule is CCc1cccc2c1-c1cc(C)ccc1C2. The molecule has 0 spiro atoms. The molecule has 2 aromatic carbocycles. The minimum Gasteiger partial charge on any atom is -0.0617 e. The van der Waals surface area contributed by atoms with Crippen LogP contribution < -0.4 is 0 Å². The summed E-state index contributed by atoms with van der Waals surface area (Å²) in [6.07, 6.45) is 2.23. The lowest BCUT2D eigenvalue weighted by Crippen LogP contribution is -1.87. The Morgan fingerprint density at radius 2 is 1.94 bits per heavy atom. The summed E-state index contributed by atoms with van der Waals surface area (Å²) in [5.74, 6) is 0. The Morgan fingerprint density at radius 1 is 1.06 bits per heavy atom. The average Bonchev–Trinajstić information content (AvgIpc) is 2.66. The van der Waals surface area contributed by atoms with Crippen LogP contribution in [0.15, 0.2) is 36.4 Å². The zero-order valence-corrected chi connectivity index (χ0v) is 9.88. The Bertz CT molecular complexity index is 550. The van der Waals surface area contributed by atoms with Crippen molar-refractivity contribution in [2.45, 2.75) is 26.7 Å². The molecule has 0 aliphatic heterocycles. The van der Waals surface area contributed by atoms with Gasteiger partial charge >= 0.3 is 0 Å². The first kappa shape index (κ1) is 9.65. The second-order valence-corrected chi connectivity index (χ2v) is 4.64. The van der Waals surface area contributed by atoms with Gasteiger partial charge in [0.05, 0.1) is 0 Å². The molecule has 2 aromatic rings. The Labute approximate surface area is 96.9 Å². The topological polar surface area (TPSA) is 0 Å². The van der Waals surface area contributed by atoms with Gasteiger partial charge in [0.2, 0.25) is 0 Å². The van der Waals surface area contributed by atoms with Crippen LogP contribution in [0, 0.1) is 6.92 Å². The van der Waals surface area contributed by atoms with Crippen LogP contribution in [0.5, 0.6) is 0 Å². The molecular formula is C16H16. The van der Waals surface area contributed by atoms with Gasteiger partial charge in [0, 0.05) is 0 Å². The van der Waals surface area contributed by atoms with E-state index in [-0.39, 0.29) is 0 Å². The third kappa shape index (κ3) is 1.30. The maximum absolute atomic E-state index is 2.33. The molecule has 0 bridgehead atoms. The van der Waals surface area contributed by atoms with Crippen LogP contribution in [-0.2, 0) is 12.8 Å². The van der Waals surface area contributed by atoms with E-state index in [1.165, 1.54) is 33.4 Å². The second-order valence-electron chi connectivity index (χ2n) is 4.64. The minimum atomic E-state index is 1.11. The van der Waals surface area contributed by atoms with Gasteiger partial charge in [-0.05, 0) is 47.6 Å². The molecule has 0 N–H and O–H groups in total. The Kier molecular flexibility index (Phi) is 2.10. The van der Waals surface area contributed by atoms with E-state index in [0.29, 0.717) is 0 Å². The molecule has 0 heterocycles. The largest absolute Gasteiger partial charge is 0.0617 e. The van der Waals surface area contributed by atoms with Crippen molar-refractivity contribution in [3.8, 4) is 11.1 Å². The van der Waals surface area contributed by atoms with E-state index in [1.807, 2.05) is 0 Å². The predicted molar refractivity (Wildman–Crippen MR) is 68.8 cm³/mol. The molecule has 0 amide bonds. The smallest absolute Gasteiger partial charge is 0.00133 e. The maximum Gasteiger partial charge on any atom is -0.00133 e. The number of aryl methyl sites for hydroxylation is 2. The van der Waals surface area contributed by atoms with Crippen LogP contribution in [0.2, 0.25) is 0 Å². The Morgan fingerprint density at radius 3 is 2.75 bits per heavy atom. The number of fused-ring (bicyclic) bond motifs is 3. The average molecular weight is 208 g/mol. The van der Waals surface area contributed by atoms with Gasteiger partial charge in [-0.25, -0.2) is 0 Å². The number of rotatable bonds is 1. The quantitative estimate of drug-likeness (QED) is 0.564. The van der Waals surface area contributed by atoms with E-state index in [1.54, 1.807) is 0 Å². The minimum absolute atomic E-state index is 1.11. The molecule has 0 unspecified atom stereocenters. The van der Waals surface area contributed by atoms with Crippen LogP contribution in [-0.4, -0.2) is 0 Å². The molecule has 0 saturated carbocycles. The predicted octanol–water partition coefficient (Wildman–Crippen LogP) is 4.13. The van der Waals surface area contributed by atoms with Crippen molar-refractivity contribution in [2.75, 3.05) is 0 Å². The Balaban J connectivity index is 2.29. The molecule has 0 nitrogen and oxygen atoms in total. The van der Waals surface area contributed by atoms with Crippen LogP contribution in [0.4, 0.5) is 0 Å². The van der Waals surface area contributed by atoms with Crippen LogP contribution in [0.3, 0.4) is 0 Å². The summed E-state index contributed by atoms with van der Waals surface area (Å²) in [7, 11) is 0. The highest BCUT2D eigenvalue weighted by molar-refractivity contribution is 5.79. The van der Waals surface area contributed by atoms with Crippen molar-refractivity contribution in [1.82, 2.24) is 0 Å². The van der Waals surface area contributed by atoms with E-state index >= 15 is 0 Å². The van der Waals surface area contributed by atoms with Gasteiger partial charge in [-0.3, -0.25) is 0 Å². The first-order valence-corrected chi connectivity index (χ1v) is 6.00.